The lowest BCUT2D eigenvalue weighted by atomic mass is 10.1. The zero-order chi connectivity index (χ0) is 23.3. The van der Waals surface area contributed by atoms with Crippen LogP contribution in [-0.2, 0) is 0 Å². The summed E-state index contributed by atoms with van der Waals surface area (Å²) in [5, 5.41) is 22.8. The lowest BCUT2D eigenvalue weighted by Gasteiger charge is -2.21. The van der Waals surface area contributed by atoms with Gasteiger partial charge in [0.15, 0.2) is 11.5 Å². The molecule has 9 nitrogen and oxygen atoms in total. The zero-order valence-electron chi connectivity index (χ0n) is 18.5. The summed E-state index contributed by atoms with van der Waals surface area (Å²) in [5.74, 6) is 2.18. The maximum atomic E-state index is 9.51. The summed E-state index contributed by atoms with van der Waals surface area (Å²) >= 11 is 6.36. The van der Waals surface area contributed by atoms with Crippen LogP contribution in [0.2, 0.25) is 5.02 Å². The molecule has 1 atom stereocenters. The van der Waals surface area contributed by atoms with Gasteiger partial charge in [-0.1, -0.05) is 16.8 Å². The van der Waals surface area contributed by atoms with Crippen LogP contribution < -0.4 is 14.4 Å². The summed E-state index contributed by atoms with van der Waals surface area (Å²) < 4.78 is 16.3. The number of aliphatic hydroxyl groups excluding tert-OH is 2. The summed E-state index contributed by atoms with van der Waals surface area (Å²) in [6, 6.07) is 5.25. The predicted molar refractivity (Wildman–Crippen MR) is 121 cm³/mol. The van der Waals surface area contributed by atoms with Gasteiger partial charge in [-0.15, -0.1) is 0 Å². The molecule has 32 heavy (non-hydrogen) atoms. The quantitative estimate of drug-likeness (QED) is 0.468. The molecule has 2 N–H and O–H groups in total. The Morgan fingerprint density at radius 3 is 2.56 bits per heavy atom. The molecule has 10 heteroatoms. The number of benzene rings is 1. The van der Waals surface area contributed by atoms with E-state index in [1.165, 1.54) is 7.11 Å². The Morgan fingerprint density at radius 1 is 1.19 bits per heavy atom. The molecule has 1 unspecified atom stereocenters. The van der Waals surface area contributed by atoms with Crippen LogP contribution in [0.3, 0.4) is 0 Å². The normalized spacial score (nSPS) is 12.0. The van der Waals surface area contributed by atoms with Gasteiger partial charge in [-0.3, -0.25) is 0 Å². The lowest BCUT2D eigenvalue weighted by Crippen LogP contribution is -2.23. The first-order valence-corrected chi connectivity index (χ1v) is 10.6. The van der Waals surface area contributed by atoms with Gasteiger partial charge >= 0.3 is 0 Å². The minimum atomic E-state index is -1.03. The van der Waals surface area contributed by atoms with Gasteiger partial charge in [-0.25, -0.2) is 4.98 Å². The summed E-state index contributed by atoms with van der Waals surface area (Å²) in [5.41, 5.74) is 2.30. The average Bonchev–Trinajstić information content (AvgIpc) is 3.29. The molecule has 0 bridgehead atoms. The van der Waals surface area contributed by atoms with Gasteiger partial charge in [0.25, 0.3) is 5.89 Å². The van der Waals surface area contributed by atoms with Gasteiger partial charge in [0.05, 0.1) is 24.3 Å². The van der Waals surface area contributed by atoms with Crippen LogP contribution in [0.15, 0.2) is 28.9 Å². The first kappa shape index (κ1) is 23.8. The standard InChI is InChI=1S/C22H27ClN4O5/c1-5-27(6-2)21-13(3)7-15(10-24-21)22-25-20(26-32-22)14-8-17(23)19(18(9-14)30-4)31-12-16(29)11-28/h7-10,16,28-29H,5-6,11-12H2,1-4H3. The highest BCUT2D eigenvalue weighted by Crippen LogP contribution is 2.39. The summed E-state index contributed by atoms with van der Waals surface area (Å²) in [4.78, 5) is 11.2. The number of nitrogens with zero attached hydrogens (tertiary/aromatic N) is 4. The number of ether oxygens (including phenoxy) is 2. The number of halogens is 1. The molecule has 0 aliphatic heterocycles. The Balaban J connectivity index is 1.88. The van der Waals surface area contributed by atoms with Gasteiger partial charge in [-0.2, -0.15) is 4.98 Å². The Hall–Kier alpha value is -2.88. The second-order valence-electron chi connectivity index (χ2n) is 7.10. The van der Waals surface area contributed by atoms with Gasteiger partial charge in [0.1, 0.15) is 18.5 Å². The highest BCUT2D eigenvalue weighted by atomic mass is 35.5. The second-order valence-corrected chi connectivity index (χ2v) is 7.50. The number of pyridine rings is 1. The van der Waals surface area contributed by atoms with Crippen molar-refractivity contribution in [1.82, 2.24) is 15.1 Å². The second kappa shape index (κ2) is 10.6. The summed E-state index contributed by atoms with van der Waals surface area (Å²) in [7, 11) is 1.47. The number of rotatable bonds is 10. The molecule has 0 fully saturated rings. The van der Waals surface area contributed by atoms with E-state index in [4.69, 9.17) is 30.7 Å². The van der Waals surface area contributed by atoms with E-state index >= 15 is 0 Å². The van der Waals surface area contributed by atoms with Crippen LogP contribution in [-0.4, -0.2) is 64.9 Å². The molecule has 2 aromatic heterocycles. The van der Waals surface area contributed by atoms with E-state index in [0.29, 0.717) is 28.6 Å². The third kappa shape index (κ3) is 5.12. The van der Waals surface area contributed by atoms with Crippen LogP contribution in [0.5, 0.6) is 11.5 Å². The van der Waals surface area contributed by atoms with Gasteiger partial charge < -0.3 is 29.1 Å². The third-order valence-electron chi connectivity index (χ3n) is 4.91. The summed E-state index contributed by atoms with van der Waals surface area (Å²) in [6.45, 7) is 7.37. The molecule has 0 spiro atoms. The molecule has 0 aliphatic carbocycles. The van der Waals surface area contributed by atoms with Crippen LogP contribution in [0.25, 0.3) is 22.8 Å². The maximum Gasteiger partial charge on any atom is 0.259 e. The first-order chi connectivity index (χ1) is 15.4. The fourth-order valence-corrected chi connectivity index (χ4v) is 3.48. The molecule has 0 aliphatic rings. The lowest BCUT2D eigenvalue weighted by molar-refractivity contribution is 0.0528. The number of aromatic nitrogens is 3. The largest absolute Gasteiger partial charge is 0.493 e. The molecule has 1 aromatic carbocycles. The minimum Gasteiger partial charge on any atom is -0.493 e. The van der Waals surface area contributed by atoms with Crippen molar-refractivity contribution in [3.05, 3.63) is 35.0 Å². The molecule has 2 heterocycles. The topological polar surface area (TPSA) is 114 Å². The van der Waals surface area contributed by atoms with Crippen molar-refractivity contribution in [2.75, 3.05) is 38.3 Å². The molecular weight excluding hydrogens is 436 g/mol. The number of hydrogen-bond acceptors (Lipinski definition) is 9. The van der Waals surface area contributed by atoms with Crippen molar-refractivity contribution in [3.8, 4) is 34.3 Å². The average molecular weight is 463 g/mol. The number of hydrogen-bond donors (Lipinski definition) is 2. The van der Waals surface area contributed by atoms with E-state index in [1.807, 2.05) is 13.0 Å². The highest BCUT2D eigenvalue weighted by molar-refractivity contribution is 6.32. The maximum absolute atomic E-state index is 9.51. The van der Waals surface area contributed by atoms with Crippen LogP contribution in [0, 0.1) is 6.92 Å². The molecule has 0 amide bonds. The Labute approximate surface area is 191 Å². The molecule has 3 aromatic rings. The SMILES string of the molecule is CCN(CC)c1ncc(-c2nc(-c3cc(Cl)c(OCC(O)CO)c(OC)c3)no2)cc1C. The molecule has 0 saturated carbocycles. The van der Waals surface area contributed by atoms with Crippen molar-refractivity contribution in [1.29, 1.82) is 0 Å². The number of anilines is 1. The molecule has 3 rings (SSSR count). The monoisotopic (exact) mass is 462 g/mol. The number of aliphatic hydroxyl groups is 2. The fourth-order valence-electron chi connectivity index (χ4n) is 3.22. The zero-order valence-corrected chi connectivity index (χ0v) is 19.3. The van der Waals surface area contributed by atoms with Gasteiger partial charge in [-0.05, 0) is 44.5 Å². The Bertz CT molecular complexity index is 1050. The van der Waals surface area contributed by atoms with Crippen molar-refractivity contribution in [2.24, 2.45) is 0 Å². The minimum absolute atomic E-state index is 0.131. The number of aryl methyl sites for hydroxylation is 1. The highest BCUT2D eigenvalue weighted by Gasteiger charge is 2.19. The van der Waals surface area contributed by atoms with Crippen LogP contribution >= 0.6 is 11.6 Å². The Morgan fingerprint density at radius 2 is 1.94 bits per heavy atom. The Kier molecular flexibility index (Phi) is 7.89. The van der Waals surface area contributed by atoms with E-state index in [2.05, 4.69) is 33.9 Å². The van der Waals surface area contributed by atoms with Gasteiger partial charge in [0.2, 0.25) is 5.82 Å². The molecule has 0 saturated heterocycles. The van der Waals surface area contributed by atoms with Crippen molar-refractivity contribution >= 4 is 17.4 Å². The van der Waals surface area contributed by atoms with E-state index in [0.717, 1.165) is 24.5 Å². The third-order valence-corrected chi connectivity index (χ3v) is 5.19. The van der Waals surface area contributed by atoms with Crippen molar-refractivity contribution in [2.45, 2.75) is 26.9 Å². The molecule has 172 valence electrons. The first-order valence-electron chi connectivity index (χ1n) is 10.3. The van der Waals surface area contributed by atoms with E-state index in [9.17, 15) is 5.11 Å². The molecular formula is C22H27ClN4O5. The summed E-state index contributed by atoms with van der Waals surface area (Å²) in [6.07, 6.45) is 0.690. The van der Waals surface area contributed by atoms with Gasteiger partial charge in [0, 0.05) is 24.8 Å². The van der Waals surface area contributed by atoms with Crippen LogP contribution in [0.4, 0.5) is 5.82 Å². The van der Waals surface area contributed by atoms with Crippen LogP contribution in [0.1, 0.15) is 19.4 Å². The molecule has 0 radical (unpaired) electrons. The van der Waals surface area contributed by atoms with E-state index < -0.39 is 12.7 Å². The number of methoxy groups -OCH3 is 1. The fraction of sp³-hybridized carbons (Fsp3) is 0.409. The van der Waals surface area contributed by atoms with Crippen molar-refractivity contribution < 1.29 is 24.2 Å². The smallest absolute Gasteiger partial charge is 0.259 e. The predicted octanol–water partition coefficient (Wildman–Crippen LogP) is 3.35. The van der Waals surface area contributed by atoms with E-state index in [-0.39, 0.29) is 17.4 Å². The van der Waals surface area contributed by atoms with E-state index in [1.54, 1.807) is 18.3 Å². The van der Waals surface area contributed by atoms with Crippen molar-refractivity contribution in [3.63, 3.8) is 0 Å².